The standard InChI is InChI=1S/C19H23FN4/c1-12-5-6-17(20)16-10-15(24-18(12)16)11-23-14-4-2-3-13(9-14)19-21-7-8-22-19/h2-6,9,15,19,21-24H,7-8,10-11H2,1H3. The number of aryl methyl sites for hydroxylation is 1. The van der Waals surface area contributed by atoms with E-state index < -0.39 is 0 Å². The highest BCUT2D eigenvalue weighted by atomic mass is 19.1. The van der Waals surface area contributed by atoms with Crippen molar-refractivity contribution in [3.8, 4) is 0 Å². The van der Waals surface area contributed by atoms with Crippen LogP contribution in [0.1, 0.15) is 22.9 Å². The summed E-state index contributed by atoms with van der Waals surface area (Å²) in [5, 5.41) is 13.8. The van der Waals surface area contributed by atoms with Crippen LogP contribution in [0, 0.1) is 12.7 Å². The third-order valence-corrected chi connectivity index (χ3v) is 4.86. The first-order chi connectivity index (χ1) is 11.7. The Morgan fingerprint density at radius 1 is 1.17 bits per heavy atom. The molecule has 2 aliphatic heterocycles. The zero-order valence-corrected chi connectivity index (χ0v) is 13.8. The van der Waals surface area contributed by atoms with Gasteiger partial charge in [-0.1, -0.05) is 18.2 Å². The lowest BCUT2D eigenvalue weighted by molar-refractivity contribution is 0.588. The summed E-state index contributed by atoms with van der Waals surface area (Å²) in [6.07, 6.45) is 0.957. The van der Waals surface area contributed by atoms with Crippen LogP contribution in [-0.2, 0) is 6.42 Å². The van der Waals surface area contributed by atoms with E-state index in [9.17, 15) is 4.39 Å². The van der Waals surface area contributed by atoms with Gasteiger partial charge < -0.3 is 10.6 Å². The largest absolute Gasteiger partial charge is 0.383 e. The molecule has 0 spiro atoms. The Balaban J connectivity index is 1.41. The van der Waals surface area contributed by atoms with Crippen molar-refractivity contribution in [2.75, 3.05) is 30.3 Å². The van der Waals surface area contributed by atoms with Crippen molar-refractivity contribution in [1.82, 2.24) is 10.6 Å². The molecule has 0 saturated carbocycles. The zero-order chi connectivity index (χ0) is 16.5. The Labute approximate surface area is 141 Å². The summed E-state index contributed by atoms with van der Waals surface area (Å²) >= 11 is 0. The molecule has 0 aromatic heterocycles. The third-order valence-electron chi connectivity index (χ3n) is 4.86. The molecular weight excluding hydrogens is 303 g/mol. The van der Waals surface area contributed by atoms with E-state index in [1.165, 1.54) is 5.56 Å². The first-order valence-corrected chi connectivity index (χ1v) is 8.56. The summed E-state index contributed by atoms with van der Waals surface area (Å²) in [6, 6.07) is 12.1. The number of fused-ring (bicyclic) bond motifs is 1. The maximum absolute atomic E-state index is 14.0. The summed E-state index contributed by atoms with van der Waals surface area (Å²) < 4.78 is 14.0. The van der Waals surface area contributed by atoms with Crippen LogP contribution in [0.2, 0.25) is 0 Å². The highest BCUT2D eigenvalue weighted by Crippen LogP contribution is 2.31. The van der Waals surface area contributed by atoms with Crippen molar-refractivity contribution < 1.29 is 4.39 Å². The fraction of sp³-hybridized carbons (Fsp3) is 0.368. The number of benzene rings is 2. The van der Waals surface area contributed by atoms with Gasteiger partial charge >= 0.3 is 0 Å². The molecule has 4 nitrogen and oxygen atoms in total. The van der Waals surface area contributed by atoms with Crippen LogP contribution in [0.3, 0.4) is 0 Å². The minimum absolute atomic E-state index is 0.106. The van der Waals surface area contributed by atoms with Crippen LogP contribution in [0.5, 0.6) is 0 Å². The van der Waals surface area contributed by atoms with Crippen LogP contribution < -0.4 is 21.3 Å². The lowest BCUT2D eigenvalue weighted by Gasteiger charge is -2.16. The molecule has 126 valence electrons. The molecule has 1 unspecified atom stereocenters. The molecule has 0 amide bonds. The van der Waals surface area contributed by atoms with E-state index in [-0.39, 0.29) is 18.0 Å². The SMILES string of the molecule is Cc1ccc(F)c2c1NC(CNc1cccc(C3NCCN3)c1)C2. The van der Waals surface area contributed by atoms with E-state index in [0.717, 1.165) is 48.6 Å². The van der Waals surface area contributed by atoms with Crippen molar-refractivity contribution in [2.24, 2.45) is 0 Å². The van der Waals surface area contributed by atoms with E-state index in [1.807, 2.05) is 13.0 Å². The molecule has 2 aliphatic rings. The van der Waals surface area contributed by atoms with Crippen LogP contribution in [0.25, 0.3) is 0 Å². The van der Waals surface area contributed by atoms with Crippen LogP contribution in [0.15, 0.2) is 36.4 Å². The van der Waals surface area contributed by atoms with Gasteiger partial charge in [-0.05, 0) is 42.7 Å². The first-order valence-electron chi connectivity index (χ1n) is 8.56. The summed E-state index contributed by atoms with van der Waals surface area (Å²) in [6.45, 7) is 4.78. The Hall–Kier alpha value is -2.11. The van der Waals surface area contributed by atoms with Gasteiger partial charge in [0.25, 0.3) is 0 Å². The van der Waals surface area contributed by atoms with Gasteiger partial charge in [-0.15, -0.1) is 0 Å². The van der Waals surface area contributed by atoms with Crippen LogP contribution in [0.4, 0.5) is 15.8 Å². The monoisotopic (exact) mass is 326 g/mol. The minimum Gasteiger partial charge on any atom is -0.383 e. The van der Waals surface area contributed by atoms with E-state index in [4.69, 9.17) is 0 Å². The van der Waals surface area contributed by atoms with Gasteiger partial charge in [0.1, 0.15) is 5.82 Å². The number of hydrogen-bond donors (Lipinski definition) is 4. The summed E-state index contributed by atoms with van der Waals surface area (Å²) in [5.74, 6) is -0.106. The molecule has 2 aromatic rings. The van der Waals surface area contributed by atoms with E-state index in [1.54, 1.807) is 6.07 Å². The van der Waals surface area contributed by atoms with Gasteiger partial charge in [0.2, 0.25) is 0 Å². The lowest BCUT2D eigenvalue weighted by Crippen LogP contribution is -2.26. The molecular formula is C19H23FN4. The maximum Gasteiger partial charge on any atom is 0.128 e. The fourth-order valence-electron chi connectivity index (χ4n) is 3.57. The van der Waals surface area contributed by atoms with Crippen molar-refractivity contribution in [2.45, 2.75) is 25.6 Å². The van der Waals surface area contributed by atoms with Crippen molar-refractivity contribution >= 4 is 11.4 Å². The van der Waals surface area contributed by atoms with Crippen molar-refractivity contribution in [3.05, 3.63) is 58.9 Å². The Morgan fingerprint density at radius 2 is 2.00 bits per heavy atom. The van der Waals surface area contributed by atoms with Gasteiger partial charge in [0.05, 0.1) is 6.17 Å². The summed E-state index contributed by atoms with van der Waals surface area (Å²) in [4.78, 5) is 0. The molecule has 0 radical (unpaired) electrons. The zero-order valence-electron chi connectivity index (χ0n) is 13.8. The average Bonchev–Trinajstić information content (AvgIpc) is 3.27. The molecule has 1 fully saturated rings. The molecule has 0 bridgehead atoms. The minimum atomic E-state index is -0.106. The topological polar surface area (TPSA) is 48.1 Å². The molecule has 5 heteroatoms. The number of anilines is 2. The smallest absolute Gasteiger partial charge is 0.128 e. The number of hydrogen-bond acceptors (Lipinski definition) is 4. The van der Waals surface area contributed by atoms with Gasteiger partial charge in [-0.3, -0.25) is 10.6 Å². The Morgan fingerprint density at radius 3 is 2.79 bits per heavy atom. The van der Waals surface area contributed by atoms with Gasteiger partial charge in [-0.25, -0.2) is 4.39 Å². The molecule has 2 aromatic carbocycles. The molecule has 2 heterocycles. The second-order valence-corrected chi connectivity index (χ2v) is 6.61. The quantitative estimate of drug-likeness (QED) is 0.698. The molecule has 24 heavy (non-hydrogen) atoms. The molecule has 1 atom stereocenters. The summed E-state index contributed by atoms with van der Waals surface area (Å²) in [5.41, 5.74) is 5.22. The Bertz CT molecular complexity index is 709. The second-order valence-electron chi connectivity index (χ2n) is 6.61. The van der Waals surface area contributed by atoms with E-state index in [2.05, 4.69) is 45.5 Å². The van der Waals surface area contributed by atoms with Gasteiger partial charge in [-0.2, -0.15) is 0 Å². The highest BCUT2D eigenvalue weighted by molar-refractivity contribution is 5.63. The molecule has 4 rings (SSSR count). The Kier molecular flexibility index (Phi) is 4.12. The lowest BCUT2D eigenvalue weighted by atomic mass is 10.1. The number of rotatable bonds is 4. The van der Waals surface area contributed by atoms with Crippen molar-refractivity contribution in [1.29, 1.82) is 0 Å². The van der Waals surface area contributed by atoms with E-state index in [0.29, 0.717) is 0 Å². The normalized spacial score (nSPS) is 20.0. The predicted molar refractivity (Wildman–Crippen MR) is 95.9 cm³/mol. The van der Waals surface area contributed by atoms with Crippen LogP contribution >= 0.6 is 0 Å². The first kappa shape index (κ1) is 15.4. The number of nitrogens with one attached hydrogen (secondary N) is 4. The fourth-order valence-corrected chi connectivity index (χ4v) is 3.57. The maximum atomic E-state index is 14.0. The van der Waals surface area contributed by atoms with Crippen molar-refractivity contribution in [3.63, 3.8) is 0 Å². The predicted octanol–water partition coefficient (Wildman–Crippen LogP) is 2.77. The van der Waals surface area contributed by atoms with Gasteiger partial charge in [0.15, 0.2) is 0 Å². The molecule has 4 N–H and O–H groups in total. The molecule has 0 aliphatic carbocycles. The van der Waals surface area contributed by atoms with Crippen LogP contribution in [-0.4, -0.2) is 25.7 Å². The average molecular weight is 326 g/mol. The van der Waals surface area contributed by atoms with Gasteiger partial charge in [0, 0.05) is 42.6 Å². The second kappa shape index (κ2) is 6.42. The highest BCUT2D eigenvalue weighted by Gasteiger charge is 2.24. The number of halogens is 1. The summed E-state index contributed by atoms with van der Waals surface area (Å²) in [7, 11) is 0. The molecule has 1 saturated heterocycles. The van der Waals surface area contributed by atoms with E-state index >= 15 is 0 Å². The third kappa shape index (κ3) is 2.97.